The Labute approximate surface area is 169 Å². The molecule has 11 heteroatoms. The number of amides is 1. The quantitative estimate of drug-likeness (QED) is 0.588. The molecule has 0 aliphatic rings. The normalized spacial score (nSPS) is 10.7. The Balaban J connectivity index is 1.68. The van der Waals surface area contributed by atoms with Gasteiger partial charge in [0.05, 0.1) is 23.5 Å². The summed E-state index contributed by atoms with van der Waals surface area (Å²) in [6.07, 6.45) is 3.35. The second-order valence-corrected chi connectivity index (χ2v) is 6.54. The number of carbonyl (C=O) groups excluding carboxylic acids is 1. The summed E-state index contributed by atoms with van der Waals surface area (Å²) in [5, 5.41) is 14.3. The Morgan fingerprint density at radius 3 is 2.86 bits per heavy atom. The molecule has 0 radical (unpaired) electrons. The van der Waals surface area contributed by atoms with Crippen molar-refractivity contribution in [3.8, 4) is 5.75 Å². The van der Waals surface area contributed by atoms with Crippen molar-refractivity contribution >= 4 is 40.6 Å². The minimum absolute atomic E-state index is 0.00867. The minimum Gasteiger partial charge on any atom is -0.489 e. The molecule has 0 unspecified atom stereocenters. The summed E-state index contributed by atoms with van der Waals surface area (Å²) in [7, 11) is 1.72. The van der Waals surface area contributed by atoms with E-state index in [-0.39, 0.29) is 35.3 Å². The van der Waals surface area contributed by atoms with Crippen molar-refractivity contribution in [1.29, 1.82) is 0 Å². The molecule has 1 amide bonds. The molecular formula is C17H15Cl2FN6O2. The summed E-state index contributed by atoms with van der Waals surface area (Å²) in [5.41, 5.74) is 6.68. The lowest BCUT2D eigenvalue weighted by molar-refractivity contribution is 0.102. The summed E-state index contributed by atoms with van der Waals surface area (Å²) in [6, 6.07) is 3.97. The van der Waals surface area contributed by atoms with Gasteiger partial charge in [-0.15, -0.1) is 10.2 Å². The van der Waals surface area contributed by atoms with Gasteiger partial charge in [-0.25, -0.2) is 4.39 Å². The number of carbonyl (C=O) groups is 1. The molecule has 1 aromatic carbocycles. The van der Waals surface area contributed by atoms with Gasteiger partial charge in [-0.3, -0.25) is 9.48 Å². The average molecular weight is 425 g/mol. The maximum atomic E-state index is 13.6. The van der Waals surface area contributed by atoms with Crippen LogP contribution in [0.1, 0.15) is 16.1 Å². The van der Waals surface area contributed by atoms with E-state index in [2.05, 4.69) is 20.6 Å². The largest absolute Gasteiger partial charge is 0.489 e. The van der Waals surface area contributed by atoms with E-state index in [1.54, 1.807) is 17.9 Å². The van der Waals surface area contributed by atoms with Gasteiger partial charge in [0.15, 0.2) is 17.3 Å². The predicted octanol–water partition coefficient (Wildman–Crippen LogP) is 3.11. The van der Waals surface area contributed by atoms with Crippen LogP contribution in [-0.4, -0.2) is 32.5 Å². The molecule has 0 aliphatic carbocycles. The molecule has 0 spiro atoms. The SMILES string of the molecule is Cn1cc(NC(=O)c2cc(OCCc3c(Cl)ccc(F)c3Cl)c(N)nn2)cn1. The molecule has 2 aromatic heterocycles. The Hall–Kier alpha value is -2.91. The number of aryl methyl sites for hydroxylation is 1. The highest BCUT2D eigenvalue weighted by Crippen LogP contribution is 2.28. The number of ether oxygens (including phenoxy) is 1. The monoisotopic (exact) mass is 424 g/mol. The van der Waals surface area contributed by atoms with Gasteiger partial charge in [-0.05, 0) is 17.7 Å². The molecular weight excluding hydrogens is 410 g/mol. The molecule has 0 aliphatic heterocycles. The number of nitrogen functional groups attached to an aromatic ring is 1. The van der Waals surface area contributed by atoms with Crippen LogP contribution in [0.15, 0.2) is 30.6 Å². The van der Waals surface area contributed by atoms with E-state index in [0.29, 0.717) is 16.3 Å². The maximum absolute atomic E-state index is 13.6. The zero-order valence-corrected chi connectivity index (χ0v) is 16.1. The number of aromatic nitrogens is 4. The van der Waals surface area contributed by atoms with E-state index in [4.69, 9.17) is 33.7 Å². The lowest BCUT2D eigenvalue weighted by Gasteiger charge is -2.11. The molecule has 3 aromatic rings. The molecule has 2 heterocycles. The number of nitrogens with one attached hydrogen (secondary N) is 1. The van der Waals surface area contributed by atoms with Crippen molar-refractivity contribution in [3.05, 3.63) is 57.7 Å². The molecule has 28 heavy (non-hydrogen) atoms. The number of rotatable bonds is 6. The second-order valence-electron chi connectivity index (χ2n) is 5.76. The minimum atomic E-state index is -0.569. The summed E-state index contributed by atoms with van der Waals surface area (Å²) in [6.45, 7) is 0.0858. The number of anilines is 2. The van der Waals surface area contributed by atoms with E-state index in [1.165, 1.54) is 24.4 Å². The number of halogens is 3. The first kappa shape index (κ1) is 19.8. The fraction of sp³-hybridized carbons (Fsp3) is 0.176. The van der Waals surface area contributed by atoms with Crippen LogP contribution in [0.25, 0.3) is 0 Å². The second kappa shape index (κ2) is 8.41. The third-order valence-electron chi connectivity index (χ3n) is 3.73. The predicted molar refractivity (Wildman–Crippen MR) is 103 cm³/mol. The van der Waals surface area contributed by atoms with E-state index in [9.17, 15) is 9.18 Å². The number of hydrogen-bond acceptors (Lipinski definition) is 6. The topological polar surface area (TPSA) is 108 Å². The smallest absolute Gasteiger partial charge is 0.276 e. The van der Waals surface area contributed by atoms with Crippen LogP contribution in [0, 0.1) is 5.82 Å². The van der Waals surface area contributed by atoms with Crippen LogP contribution >= 0.6 is 23.2 Å². The van der Waals surface area contributed by atoms with Crippen molar-refractivity contribution in [2.24, 2.45) is 7.05 Å². The van der Waals surface area contributed by atoms with Crippen LogP contribution in [0.3, 0.4) is 0 Å². The van der Waals surface area contributed by atoms with Gasteiger partial charge in [0, 0.05) is 30.8 Å². The molecule has 0 saturated carbocycles. The number of benzene rings is 1. The Morgan fingerprint density at radius 1 is 1.36 bits per heavy atom. The lowest BCUT2D eigenvalue weighted by atomic mass is 10.1. The molecule has 146 valence electrons. The molecule has 0 bridgehead atoms. The first-order chi connectivity index (χ1) is 13.3. The average Bonchev–Trinajstić information content (AvgIpc) is 3.07. The third-order valence-corrected chi connectivity index (χ3v) is 4.49. The van der Waals surface area contributed by atoms with Crippen LogP contribution in [0.4, 0.5) is 15.9 Å². The van der Waals surface area contributed by atoms with Gasteiger partial charge in [0.2, 0.25) is 0 Å². The van der Waals surface area contributed by atoms with E-state index in [0.717, 1.165) is 0 Å². The third kappa shape index (κ3) is 4.49. The Kier molecular flexibility index (Phi) is 5.96. The van der Waals surface area contributed by atoms with Crippen molar-refractivity contribution < 1.29 is 13.9 Å². The maximum Gasteiger partial charge on any atom is 0.276 e. The first-order valence-electron chi connectivity index (χ1n) is 8.03. The summed E-state index contributed by atoms with van der Waals surface area (Å²) < 4.78 is 20.7. The zero-order valence-electron chi connectivity index (χ0n) is 14.6. The van der Waals surface area contributed by atoms with E-state index < -0.39 is 11.7 Å². The van der Waals surface area contributed by atoms with Crippen LogP contribution in [-0.2, 0) is 13.5 Å². The van der Waals surface area contributed by atoms with E-state index >= 15 is 0 Å². The van der Waals surface area contributed by atoms with Gasteiger partial charge in [-0.2, -0.15) is 5.10 Å². The fourth-order valence-electron chi connectivity index (χ4n) is 2.35. The highest BCUT2D eigenvalue weighted by molar-refractivity contribution is 6.36. The molecule has 0 saturated heterocycles. The van der Waals surface area contributed by atoms with Gasteiger partial charge in [0.1, 0.15) is 5.82 Å². The van der Waals surface area contributed by atoms with Gasteiger partial charge >= 0.3 is 0 Å². The van der Waals surface area contributed by atoms with Crippen LogP contribution < -0.4 is 15.8 Å². The van der Waals surface area contributed by atoms with Crippen molar-refractivity contribution in [2.75, 3.05) is 17.7 Å². The summed E-state index contributed by atoms with van der Waals surface area (Å²) >= 11 is 12.0. The van der Waals surface area contributed by atoms with Gasteiger partial charge < -0.3 is 15.8 Å². The molecule has 3 rings (SSSR count). The Bertz CT molecular complexity index is 1030. The molecule has 8 nitrogen and oxygen atoms in total. The Morgan fingerprint density at radius 2 is 2.14 bits per heavy atom. The van der Waals surface area contributed by atoms with Crippen LogP contribution in [0.5, 0.6) is 5.75 Å². The summed E-state index contributed by atoms with van der Waals surface area (Å²) in [5.74, 6) is -0.897. The summed E-state index contributed by atoms with van der Waals surface area (Å²) in [4.78, 5) is 12.3. The zero-order chi connectivity index (χ0) is 20.3. The van der Waals surface area contributed by atoms with Gasteiger partial charge in [0.25, 0.3) is 5.91 Å². The first-order valence-corrected chi connectivity index (χ1v) is 8.79. The molecule has 0 atom stereocenters. The molecule has 3 N–H and O–H groups in total. The molecule has 0 fully saturated rings. The highest BCUT2D eigenvalue weighted by Gasteiger charge is 2.15. The number of nitrogens with two attached hydrogens (primary N) is 1. The van der Waals surface area contributed by atoms with Crippen molar-refractivity contribution in [2.45, 2.75) is 6.42 Å². The van der Waals surface area contributed by atoms with Gasteiger partial charge in [-0.1, -0.05) is 23.2 Å². The fourth-order valence-corrected chi connectivity index (χ4v) is 2.91. The van der Waals surface area contributed by atoms with Crippen molar-refractivity contribution in [3.63, 3.8) is 0 Å². The highest BCUT2D eigenvalue weighted by atomic mass is 35.5. The van der Waals surface area contributed by atoms with Crippen LogP contribution in [0.2, 0.25) is 10.0 Å². The number of nitrogens with zero attached hydrogens (tertiary/aromatic N) is 4. The lowest BCUT2D eigenvalue weighted by Crippen LogP contribution is -2.15. The number of hydrogen-bond donors (Lipinski definition) is 2. The van der Waals surface area contributed by atoms with E-state index in [1.807, 2.05) is 0 Å². The standard InChI is InChI=1S/C17H15Cl2FN6O2/c1-26-8-9(7-22-26)23-17(27)13-6-14(16(21)25-24-13)28-5-4-10-11(18)2-3-12(20)15(10)19/h2-3,6-8H,4-5H2,1H3,(H2,21,25)(H,23,27). The van der Waals surface area contributed by atoms with Crippen molar-refractivity contribution in [1.82, 2.24) is 20.0 Å².